The van der Waals surface area contributed by atoms with E-state index in [9.17, 15) is 0 Å². The van der Waals surface area contributed by atoms with Crippen molar-refractivity contribution < 1.29 is 0 Å². The van der Waals surface area contributed by atoms with Crippen LogP contribution < -0.4 is 10.6 Å². The maximum atomic E-state index is 4.24. The lowest BCUT2D eigenvalue weighted by Crippen LogP contribution is -2.46. The Bertz CT molecular complexity index is 395. The van der Waals surface area contributed by atoms with Gasteiger partial charge in [0.1, 0.15) is 0 Å². The molecule has 3 atom stereocenters. The first-order chi connectivity index (χ1) is 9.34. The normalized spacial score (nSPS) is 31.7. The standard InChI is InChI=1S/C15H26N4/c1-19-12(8-10-18-19)11-17-15-7-4-5-13(15)14-6-2-3-9-16-14/h8,10,13-17H,2-7,9,11H2,1H3. The molecule has 4 nitrogen and oxygen atoms in total. The topological polar surface area (TPSA) is 41.9 Å². The third-order valence-corrected chi connectivity index (χ3v) is 4.90. The number of aromatic nitrogens is 2. The molecular formula is C15H26N4. The molecule has 2 fully saturated rings. The van der Waals surface area contributed by atoms with Crippen LogP contribution in [0.25, 0.3) is 0 Å². The molecule has 3 rings (SSSR count). The fourth-order valence-corrected chi connectivity index (χ4v) is 3.78. The number of piperidine rings is 1. The van der Waals surface area contributed by atoms with Gasteiger partial charge in [0, 0.05) is 31.9 Å². The first-order valence-corrected chi connectivity index (χ1v) is 7.78. The van der Waals surface area contributed by atoms with Crippen molar-refractivity contribution in [2.24, 2.45) is 13.0 Å². The first kappa shape index (κ1) is 13.1. The molecule has 0 bridgehead atoms. The van der Waals surface area contributed by atoms with Crippen molar-refractivity contribution in [2.75, 3.05) is 6.54 Å². The van der Waals surface area contributed by atoms with Crippen molar-refractivity contribution in [2.45, 2.75) is 57.2 Å². The van der Waals surface area contributed by atoms with Gasteiger partial charge in [0.25, 0.3) is 0 Å². The van der Waals surface area contributed by atoms with E-state index in [1.54, 1.807) is 0 Å². The van der Waals surface area contributed by atoms with Gasteiger partial charge < -0.3 is 10.6 Å². The zero-order chi connectivity index (χ0) is 13.1. The van der Waals surface area contributed by atoms with E-state index >= 15 is 0 Å². The van der Waals surface area contributed by atoms with E-state index < -0.39 is 0 Å². The van der Waals surface area contributed by atoms with E-state index in [4.69, 9.17) is 0 Å². The van der Waals surface area contributed by atoms with Crippen LogP contribution in [0.4, 0.5) is 0 Å². The predicted octanol–water partition coefficient (Wildman–Crippen LogP) is 1.82. The monoisotopic (exact) mass is 262 g/mol. The van der Waals surface area contributed by atoms with Crippen molar-refractivity contribution >= 4 is 0 Å². The van der Waals surface area contributed by atoms with Crippen molar-refractivity contribution in [1.82, 2.24) is 20.4 Å². The summed E-state index contributed by atoms with van der Waals surface area (Å²) in [6, 6.07) is 3.54. The molecule has 1 aliphatic carbocycles. The van der Waals surface area contributed by atoms with Crippen LogP contribution in [0.3, 0.4) is 0 Å². The Kier molecular flexibility index (Phi) is 4.18. The summed E-state index contributed by atoms with van der Waals surface area (Å²) in [5.41, 5.74) is 1.28. The average Bonchev–Trinajstić information content (AvgIpc) is 3.06. The second-order valence-electron chi connectivity index (χ2n) is 6.08. The summed E-state index contributed by atoms with van der Waals surface area (Å²) in [5.74, 6) is 0.827. The maximum Gasteiger partial charge on any atom is 0.0518 e. The summed E-state index contributed by atoms with van der Waals surface area (Å²) in [4.78, 5) is 0. The summed E-state index contributed by atoms with van der Waals surface area (Å²) in [6.07, 6.45) is 10.1. The molecule has 19 heavy (non-hydrogen) atoms. The third-order valence-electron chi connectivity index (χ3n) is 4.90. The van der Waals surface area contributed by atoms with Crippen LogP contribution in [0.2, 0.25) is 0 Å². The Morgan fingerprint density at radius 1 is 1.32 bits per heavy atom. The Balaban J connectivity index is 1.55. The number of nitrogens with one attached hydrogen (secondary N) is 2. The summed E-state index contributed by atoms with van der Waals surface area (Å²) in [6.45, 7) is 2.17. The fourth-order valence-electron chi connectivity index (χ4n) is 3.78. The predicted molar refractivity (Wildman–Crippen MR) is 76.8 cm³/mol. The van der Waals surface area contributed by atoms with Gasteiger partial charge in [-0.05, 0) is 44.2 Å². The lowest BCUT2D eigenvalue weighted by atomic mass is 9.88. The Morgan fingerprint density at radius 3 is 3.00 bits per heavy atom. The molecule has 0 amide bonds. The lowest BCUT2D eigenvalue weighted by Gasteiger charge is -2.33. The number of rotatable bonds is 4. The quantitative estimate of drug-likeness (QED) is 0.870. The zero-order valence-electron chi connectivity index (χ0n) is 11.9. The number of nitrogens with zero attached hydrogens (tertiary/aromatic N) is 2. The van der Waals surface area contributed by atoms with Gasteiger partial charge in [-0.15, -0.1) is 0 Å². The van der Waals surface area contributed by atoms with Crippen molar-refractivity contribution in [3.63, 3.8) is 0 Å². The summed E-state index contributed by atoms with van der Waals surface area (Å²) in [7, 11) is 2.02. The first-order valence-electron chi connectivity index (χ1n) is 7.78. The van der Waals surface area contributed by atoms with Crippen molar-refractivity contribution in [3.8, 4) is 0 Å². The van der Waals surface area contributed by atoms with Crippen LogP contribution in [0.15, 0.2) is 12.3 Å². The molecule has 106 valence electrons. The lowest BCUT2D eigenvalue weighted by molar-refractivity contribution is 0.256. The molecule has 0 radical (unpaired) electrons. The minimum Gasteiger partial charge on any atom is -0.314 e. The summed E-state index contributed by atoms with van der Waals surface area (Å²) in [5, 5.41) is 11.7. The summed E-state index contributed by atoms with van der Waals surface area (Å²) >= 11 is 0. The van der Waals surface area contributed by atoms with Gasteiger partial charge in [-0.3, -0.25) is 4.68 Å². The van der Waals surface area contributed by atoms with E-state index in [0.717, 1.165) is 18.5 Å². The van der Waals surface area contributed by atoms with Gasteiger partial charge in [0.2, 0.25) is 0 Å². The van der Waals surface area contributed by atoms with Gasteiger partial charge in [0.05, 0.1) is 5.69 Å². The molecule has 2 aliphatic rings. The van der Waals surface area contributed by atoms with E-state index in [1.807, 2.05) is 17.9 Å². The minimum absolute atomic E-state index is 0.686. The van der Waals surface area contributed by atoms with Crippen molar-refractivity contribution in [1.29, 1.82) is 0 Å². The van der Waals surface area contributed by atoms with Crippen LogP contribution in [-0.4, -0.2) is 28.4 Å². The second kappa shape index (κ2) is 6.06. The number of hydrogen-bond acceptors (Lipinski definition) is 3. The SMILES string of the molecule is Cn1nccc1CNC1CCCC1C1CCCCN1. The van der Waals surface area contributed by atoms with Crippen LogP contribution in [0, 0.1) is 5.92 Å². The molecule has 4 heteroatoms. The minimum atomic E-state index is 0.686. The Hall–Kier alpha value is -0.870. The molecule has 1 aliphatic heterocycles. The Morgan fingerprint density at radius 2 is 2.26 bits per heavy atom. The van der Waals surface area contributed by atoms with Crippen LogP contribution in [-0.2, 0) is 13.6 Å². The molecule has 2 N–H and O–H groups in total. The van der Waals surface area contributed by atoms with Crippen LogP contribution in [0.1, 0.15) is 44.2 Å². The molecule has 0 aromatic carbocycles. The molecule has 1 aromatic rings. The van der Waals surface area contributed by atoms with Gasteiger partial charge in [-0.1, -0.05) is 12.8 Å². The molecule has 1 aromatic heterocycles. The smallest absolute Gasteiger partial charge is 0.0518 e. The fraction of sp³-hybridized carbons (Fsp3) is 0.800. The number of hydrogen-bond donors (Lipinski definition) is 2. The van der Waals surface area contributed by atoms with Crippen LogP contribution in [0.5, 0.6) is 0 Å². The number of aryl methyl sites for hydroxylation is 1. The second-order valence-corrected chi connectivity index (χ2v) is 6.08. The van der Waals surface area contributed by atoms with E-state index in [1.165, 1.54) is 50.8 Å². The van der Waals surface area contributed by atoms with E-state index in [-0.39, 0.29) is 0 Å². The maximum absolute atomic E-state index is 4.24. The molecule has 1 saturated heterocycles. The van der Waals surface area contributed by atoms with E-state index in [2.05, 4.69) is 21.8 Å². The van der Waals surface area contributed by atoms with Gasteiger partial charge in [-0.25, -0.2) is 0 Å². The highest BCUT2D eigenvalue weighted by molar-refractivity contribution is 5.01. The Labute approximate surface area is 116 Å². The molecule has 1 saturated carbocycles. The van der Waals surface area contributed by atoms with Gasteiger partial charge in [0.15, 0.2) is 0 Å². The highest BCUT2D eigenvalue weighted by Crippen LogP contribution is 2.31. The van der Waals surface area contributed by atoms with Crippen LogP contribution >= 0.6 is 0 Å². The molecule has 2 heterocycles. The molecular weight excluding hydrogens is 236 g/mol. The molecule has 3 unspecified atom stereocenters. The van der Waals surface area contributed by atoms with Crippen molar-refractivity contribution in [3.05, 3.63) is 18.0 Å². The zero-order valence-corrected chi connectivity index (χ0v) is 11.9. The largest absolute Gasteiger partial charge is 0.314 e. The highest BCUT2D eigenvalue weighted by Gasteiger charge is 2.33. The van der Waals surface area contributed by atoms with Gasteiger partial charge in [-0.2, -0.15) is 5.10 Å². The van der Waals surface area contributed by atoms with Gasteiger partial charge >= 0.3 is 0 Å². The molecule has 0 spiro atoms. The highest BCUT2D eigenvalue weighted by atomic mass is 15.3. The summed E-state index contributed by atoms with van der Waals surface area (Å²) < 4.78 is 1.97. The third kappa shape index (κ3) is 3.00. The average molecular weight is 262 g/mol. The van der Waals surface area contributed by atoms with E-state index in [0.29, 0.717) is 6.04 Å².